The second kappa shape index (κ2) is 12.6. The van der Waals surface area contributed by atoms with Crippen LogP contribution >= 0.6 is 0 Å². The molecule has 0 aromatic heterocycles. The first-order valence-corrected chi connectivity index (χ1v) is 14.5. The fraction of sp³-hybridized carbons (Fsp3) is 0.188. The van der Waals surface area contributed by atoms with Crippen LogP contribution in [-0.2, 0) is 14.8 Å². The Labute approximate surface area is 235 Å². The first-order valence-electron chi connectivity index (χ1n) is 13.1. The van der Waals surface area contributed by atoms with Crippen LogP contribution in [0.2, 0.25) is 0 Å². The van der Waals surface area contributed by atoms with Crippen LogP contribution in [0.3, 0.4) is 0 Å². The highest BCUT2D eigenvalue weighted by Crippen LogP contribution is 2.26. The number of amides is 2. The molecule has 0 saturated heterocycles. The minimum Gasteiger partial charge on any atom is -0.345 e. The second-order valence-corrected chi connectivity index (χ2v) is 11.6. The van der Waals surface area contributed by atoms with E-state index in [1.165, 1.54) is 12.1 Å². The lowest BCUT2D eigenvalue weighted by atomic mass is 10.0. The van der Waals surface area contributed by atoms with Gasteiger partial charge in [-0.1, -0.05) is 86.6 Å². The fourth-order valence-corrected chi connectivity index (χ4v) is 5.71. The predicted octanol–water partition coefficient (Wildman–Crippen LogP) is 6.14. The Morgan fingerprint density at radius 2 is 1.30 bits per heavy atom. The maximum absolute atomic E-state index is 13.7. The third-order valence-electron chi connectivity index (χ3n) is 6.56. The highest BCUT2D eigenvalue weighted by molar-refractivity contribution is 7.92. The summed E-state index contributed by atoms with van der Waals surface area (Å²) >= 11 is 0. The molecule has 0 fully saturated rings. The molecule has 7 nitrogen and oxygen atoms in total. The smallest absolute Gasteiger partial charge is 0.264 e. The van der Waals surface area contributed by atoms with Crippen molar-refractivity contribution in [1.82, 2.24) is 5.32 Å². The Balaban J connectivity index is 1.58. The molecule has 0 radical (unpaired) electrons. The van der Waals surface area contributed by atoms with E-state index in [0.29, 0.717) is 5.69 Å². The van der Waals surface area contributed by atoms with Crippen LogP contribution in [-0.4, -0.2) is 26.8 Å². The van der Waals surface area contributed by atoms with Crippen molar-refractivity contribution < 1.29 is 18.0 Å². The zero-order valence-electron chi connectivity index (χ0n) is 22.7. The maximum atomic E-state index is 13.7. The molecule has 4 rings (SSSR count). The summed E-state index contributed by atoms with van der Waals surface area (Å²) in [4.78, 5) is 26.5. The Hall–Kier alpha value is -4.43. The molecule has 0 spiro atoms. The highest BCUT2D eigenvalue weighted by atomic mass is 32.2. The average molecular weight is 556 g/mol. The minimum atomic E-state index is -4.05. The van der Waals surface area contributed by atoms with Crippen molar-refractivity contribution in [2.24, 2.45) is 0 Å². The Bertz CT molecular complexity index is 1560. The monoisotopic (exact) mass is 555 g/mol. The van der Waals surface area contributed by atoms with Gasteiger partial charge in [-0.2, -0.15) is 0 Å². The summed E-state index contributed by atoms with van der Waals surface area (Å²) in [5.41, 5.74) is 2.93. The molecule has 0 aliphatic heterocycles. The Kier molecular flexibility index (Phi) is 9.01. The van der Waals surface area contributed by atoms with Crippen molar-refractivity contribution in [3.05, 3.63) is 126 Å². The number of nitrogens with one attached hydrogen (secondary N) is 2. The van der Waals surface area contributed by atoms with Crippen LogP contribution in [0, 0.1) is 0 Å². The SMILES string of the molecule is CC(C)c1ccc(N(CC(=O)Nc2ccccc2C(=O)N[C@H](C)c2ccccc2)S(=O)(=O)c2ccccc2)cc1. The molecule has 8 heteroatoms. The molecule has 1 atom stereocenters. The van der Waals surface area contributed by atoms with Crippen molar-refractivity contribution in [1.29, 1.82) is 0 Å². The van der Waals surface area contributed by atoms with Gasteiger partial charge in [0.1, 0.15) is 6.54 Å². The van der Waals surface area contributed by atoms with Crippen LogP contribution < -0.4 is 14.9 Å². The number of carbonyl (C=O) groups excluding carboxylic acids is 2. The van der Waals surface area contributed by atoms with Gasteiger partial charge in [0.25, 0.3) is 15.9 Å². The van der Waals surface area contributed by atoms with E-state index in [-0.39, 0.29) is 34.0 Å². The van der Waals surface area contributed by atoms with E-state index < -0.39 is 22.5 Å². The van der Waals surface area contributed by atoms with E-state index in [4.69, 9.17) is 0 Å². The molecule has 0 bridgehead atoms. The standard InChI is InChI=1S/C32H33N3O4S/c1-23(2)25-18-20-27(21-19-25)35(40(38,39)28-14-8-5-9-15-28)22-31(36)34-30-17-11-10-16-29(30)32(37)33-24(3)26-12-6-4-7-13-26/h4-21,23-24H,22H2,1-3H3,(H,33,37)(H,34,36)/t24-/m1/s1. The molecule has 2 amide bonds. The van der Waals surface area contributed by atoms with Crippen molar-refractivity contribution in [3.63, 3.8) is 0 Å². The molecule has 206 valence electrons. The Morgan fingerprint density at radius 3 is 1.93 bits per heavy atom. The summed E-state index contributed by atoms with van der Waals surface area (Å²) in [6, 6.07) is 31.1. The first kappa shape index (κ1) is 28.6. The highest BCUT2D eigenvalue weighted by Gasteiger charge is 2.28. The summed E-state index contributed by atoms with van der Waals surface area (Å²) in [5.74, 6) is -0.669. The third-order valence-corrected chi connectivity index (χ3v) is 8.35. The normalized spacial score (nSPS) is 12.0. The predicted molar refractivity (Wildman–Crippen MR) is 159 cm³/mol. The average Bonchev–Trinajstić information content (AvgIpc) is 2.97. The van der Waals surface area contributed by atoms with Gasteiger partial charge in [0.15, 0.2) is 0 Å². The Morgan fingerprint density at radius 1 is 0.725 bits per heavy atom. The van der Waals surface area contributed by atoms with Gasteiger partial charge < -0.3 is 10.6 Å². The number of anilines is 2. The topological polar surface area (TPSA) is 95.6 Å². The van der Waals surface area contributed by atoms with Gasteiger partial charge in [-0.25, -0.2) is 8.42 Å². The summed E-state index contributed by atoms with van der Waals surface area (Å²) in [5, 5.41) is 5.71. The zero-order valence-corrected chi connectivity index (χ0v) is 23.6. The molecule has 4 aromatic carbocycles. The van der Waals surface area contributed by atoms with Gasteiger partial charge in [-0.15, -0.1) is 0 Å². The van der Waals surface area contributed by atoms with Crippen molar-refractivity contribution >= 4 is 33.2 Å². The van der Waals surface area contributed by atoms with Gasteiger partial charge in [0.05, 0.1) is 27.9 Å². The van der Waals surface area contributed by atoms with E-state index in [9.17, 15) is 18.0 Å². The van der Waals surface area contributed by atoms with E-state index >= 15 is 0 Å². The number of hydrogen-bond acceptors (Lipinski definition) is 4. The number of benzene rings is 4. The molecule has 0 aliphatic rings. The lowest BCUT2D eigenvalue weighted by Crippen LogP contribution is -2.38. The van der Waals surface area contributed by atoms with Crippen LogP contribution in [0.25, 0.3) is 0 Å². The van der Waals surface area contributed by atoms with Crippen LogP contribution in [0.1, 0.15) is 54.2 Å². The van der Waals surface area contributed by atoms with Gasteiger partial charge in [0, 0.05) is 0 Å². The number of para-hydroxylation sites is 1. The number of carbonyl (C=O) groups is 2. The first-order chi connectivity index (χ1) is 19.2. The van der Waals surface area contributed by atoms with Crippen molar-refractivity contribution in [2.45, 2.75) is 37.6 Å². The molecular weight excluding hydrogens is 522 g/mol. The number of nitrogens with zero attached hydrogens (tertiary/aromatic N) is 1. The van der Waals surface area contributed by atoms with Crippen molar-refractivity contribution in [2.75, 3.05) is 16.2 Å². The van der Waals surface area contributed by atoms with E-state index in [0.717, 1.165) is 15.4 Å². The molecule has 2 N–H and O–H groups in total. The molecule has 40 heavy (non-hydrogen) atoms. The second-order valence-electron chi connectivity index (χ2n) is 9.77. The van der Waals surface area contributed by atoms with E-state index in [1.54, 1.807) is 54.6 Å². The van der Waals surface area contributed by atoms with Crippen LogP contribution in [0.4, 0.5) is 11.4 Å². The van der Waals surface area contributed by atoms with Gasteiger partial charge >= 0.3 is 0 Å². The lowest BCUT2D eigenvalue weighted by Gasteiger charge is -2.25. The van der Waals surface area contributed by atoms with Crippen LogP contribution in [0.15, 0.2) is 114 Å². The summed E-state index contributed by atoms with van der Waals surface area (Å²) in [7, 11) is -4.05. The number of hydrogen-bond donors (Lipinski definition) is 2. The zero-order chi connectivity index (χ0) is 28.7. The van der Waals surface area contributed by atoms with Crippen molar-refractivity contribution in [3.8, 4) is 0 Å². The van der Waals surface area contributed by atoms with Gasteiger partial charge in [0.2, 0.25) is 5.91 Å². The lowest BCUT2D eigenvalue weighted by molar-refractivity contribution is -0.114. The maximum Gasteiger partial charge on any atom is 0.264 e. The molecular formula is C32H33N3O4S. The summed E-state index contributed by atoms with van der Waals surface area (Å²) in [6.45, 7) is 5.50. The van der Waals surface area contributed by atoms with E-state index in [2.05, 4.69) is 24.5 Å². The third kappa shape index (κ3) is 6.76. The quantitative estimate of drug-likeness (QED) is 0.246. The minimum absolute atomic E-state index is 0.0745. The molecule has 0 heterocycles. The van der Waals surface area contributed by atoms with Crippen LogP contribution in [0.5, 0.6) is 0 Å². The fourth-order valence-electron chi connectivity index (χ4n) is 4.27. The largest absolute Gasteiger partial charge is 0.345 e. The van der Waals surface area contributed by atoms with Gasteiger partial charge in [-0.3, -0.25) is 13.9 Å². The number of rotatable bonds is 10. The molecule has 0 saturated carbocycles. The van der Waals surface area contributed by atoms with E-state index in [1.807, 2.05) is 49.4 Å². The number of sulfonamides is 1. The molecule has 0 aliphatic carbocycles. The molecule has 4 aromatic rings. The van der Waals surface area contributed by atoms with Gasteiger partial charge in [-0.05, 0) is 60.4 Å². The summed E-state index contributed by atoms with van der Waals surface area (Å²) < 4.78 is 28.4. The summed E-state index contributed by atoms with van der Waals surface area (Å²) in [6.07, 6.45) is 0. The molecule has 0 unspecified atom stereocenters.